The molecule has 3 aromatic carbocycles. The summed E-state index contributed by atoms with van der Waals surface area (Å²) in [4.78, 5) is 0. The molecular formula is C23H22O4. The second-order valence-corrected chi connectivity index (χ2v) is 6.90. The van der Waals surface area contributed by atoms with Crippen molar-refractivity contribution in [3.05, 3.63) is 89.5 Å². The lowest BCUT2D eigenvalue weighted by Gasteiger charge is -2.41. The van der Waals surface area contributed by atoms with Crippen molar-refractivity contribution >= 4 is 0 Å². The lowest BCUT2D eigenvalue weighted by molar-refractivity contribution is -0.0256. The van der Waals surface area contributed by atoms with Gasteiger partial charge in [0, 0.05) is 18.1 Å². The Balaban J connectivity index is 1.79. The predicted molar refractivity (Wildman–Crippen MR) is 103 cm³/mol. The van der Waals surface area contributed by atoms with Crippen LogP contribution in [0, 0.1) is 0 Å². The Bertz CT molecular complexity index is 921. The molecular weight excluding hydrogens is 340 g/mol. The summed E-state index contributed by atoms with van der Waals surface area (Å²) in [5, 5.41) is 21.7. The summed E-state index contributed by atoms with van der Waals surface area (Å²) in [5.74, 6) is 1.21. The average molecular weight is 362 g/mol. The van der Waals surface area contributed by atoms with Gasteiger partial charge in [-0.05, 0) is 35.4 Å². The van der Waals surface area contributed by atoms with Crippen LogP contribution in [0.5, 0.6) is 17.2 Å². The standard InChI is InChI=1S/C23H22O4/c1-26-19-10-7-16(8-11-19)14-23(25)20-12-9-18(24)13-22(20)27-15-21(23)17-5-3-2-4-6-17/h2-13,21,24-25H,14-15H2,1H3. The van der Waals surface area contributed by atoms with Crippen LogP contribution < -0.4 is 9.47 Å². The van der Waals surface area contributed by atoms with Crippen molar-refractivity contribution in [1.82, 2.24) is 0 Å². The number of aromatic hydroxyl groups is 1. The normalized spacial score (nSPS) is 21.2. The first-order valence-electron chi connectivity index (χ1n) is 8.97. The van der Waals surface area contributed by atoms with Crippen LogP contribution in [-0.2, 0) is 12.0 Å². The molecule has 1 heterocycles. The number of aliphatic hydroxyl groups is 1. The van der Waals surface area contributed by atoms with Crippen LogP contribution in [0.15, 0.2) is 72.8 Å². The molecule has 2 atom stereocenters. The highest BCUT2D eigenvalue weighted by Crippen LogP contribution is 2.48. The van der Waals surface area contributed by atoms with Gasteiger partial charge in [-0.1, -0.05) is 42.5 Å². The number of ether oxygens (including phenoxy) is 2. The van der Waals surface area contributed by atoms with Crippen LogP contribution in [0.25, 0.3) is 0 Å². The van der Waals surface area contributed by atoms with Crippen LogP contribution >= 0.6 is 0 Å². The van der Waals surface area contributed by atoms with E-state index in [2.05, 4.69) is 0 Å². The molecule has 4 nitrogen and oxygen atoms in total. The summed E-state index contributed by atoms with van der Waals surface area (Å²) in [6.45, 7) is 0.340. The maximum atomic E-state index is 11.9. The van der Waals surface area contributed by atoms with E-state index in [0.717, 1.165) is 16.9 Å². The van der Waals surface area contributed by atoms with Gasteiger partial charge in [0.25, 0.3) is 0 Å². The molecule has 0 saturated carbocycles. The largest absolute Gasteiger partial charge is 0.508 e. The lowest BCUT2D eigenvalue weighted by Crippen LogP contribution is -2.42. The second-order valence-electron chi connectivity index (χ2n) is 6.90. The molecule has 0 bridgehead atoms. The van der Waals surface area contributed by atoms with E-state index in [1.54, 1.807) is 25.3 Å². The molecule has 2 unspecified atom stereocenters. The number of hydrogen-bond acceptors (Lipinski definition) is 4. The minimum absolute atomic E-state index is 0.124. The molecule has 0 saturated heterocycles. The Labute approximate surface area is 158 Å². The fourth-order valence-electron chi connectivity index (χ4n) is 3.82. The fraction of sp³-hybridized carbons (Fsp3) is 0.217. The van der Waals surface area contributed by atoms with Gasteiger partial charge in [-0.3, -0.25) is 0 Å². The van der Waals surface area contributed by atoms with E-state index in [9.17, 15) is 10.2 Å². The first-order chi connectivity index (χ1) is 13.1. The SMILES string of the molecule is COc1ccc(CC2(O)c3ccc(O)cc3OCC2c2ccccc2)cc1. The summed E-state index contributed by atoms with van der Waals surface area (Å²) in [6.07, 6.45) is 0.428. The molecule has 4 rings (SSSR count). The van der Waals surface area contributed by atoms with Gasteiger partial charge < -0.3 is 19.7 Å². The molecule has 27 heavy (non-hydrogen) atoms. The van der Waals surface area contributed by atoms with Gasteiger partial charge in [0.2, 0.25) is 0 Å². The van der Waals surface area contributed by atoms with E-state index in [-0.39, 0.29) is 11.7 Å². The zero-order valence-corrected chi connectivity index (χ0v) is 15.1. The Morgan fingerprint density at radius 2 is 1.78 bits per heavy atom. The number of phenols is 1. The molecule has 1 aliphatic rings. The third kappa shape index (κ3) is 3.24. The van der Waals surface area contributed by atoms with Crippen LogP contribution in [0.3, 0.4) is 0 Å². The number of hydrogen-bond donors (Lipinski definition) is 2. The van der Waals surface area contributed by atoms with Crippen LogP contribution in [0.2, 0.25) is 0 Å². The fourth-order valence-corrected chi connectivity index (χ4v) is 3.82. The summed E-state index contributed by atoms with van der Waals surface area (Å²) < 4.78 is 11.1. The van der Waals surface area contributed by atoms with Gasteiger partial charge in [0.1, 0.15) is 22.8 Å². The summed E-state index contributed by atoms with van der Waals surface area (Å²) in [5.41, 5.74) is 1.56. The van der Waals surface area contributed by atoms with E-state index in [0.29, 0.717) is 24.3 Å². The van der Waals surface area contributed by atoms with E-state index in [4.69, 9.17) is 9.47 Å². The van der Waals surface area contributed by atoms with Gasteiger partial charge in [0.05, 0.1) is 19.6 Å². The Morgan fingerprint density at radius 1 is 1.04 bits per heavy atom. The van der Waals surface area contributed by atoms with Gasteiger partial charge in [-0.2, -0.15) is 0 Å². The number of fused-ring (bicyclic) bond motifs is 1. The molecule has 1 aliphatic heterocycles. The highest BCUT2D eigenvalue weighted by atomic mass is 16.5. The summed E-state index contributed by atoms with van der Waals surface area (Å²) in [6, 6.07) is 22.6. The van der Waals surface area contributed by atoms with E-state index in [1.165, 1.54) is 0 Å². The van der Waals surface area contributed by atoms with Crippen LogP contribution in [0.1, 0.15) is 22.6 Å². The van der Waals surface area contributed by atoms with Crippen molar-refractivity contribution in [3.8, 4) is 17.2 Å². The Hall–Kier alpha value is -2.98. The van der Waals surface area contributed by atoms with Crippen LogP contribution in [-0.4, -0.2) is 23.9 Å². The third-order valence-electron chi connectivity index (χ3n) is 5.25. The number of rotatable bonds is 4. The molecule has 0 radical (unpaired) electrons. The zero-order valence-electron chi connectivity index (χ0n) is 15.1. The smallest absolute Gasteiger partial charge is 0.129 e. The number of phenolic OH excluding ortho intramolecular Hbond substituents is 1. The maximum Gasteiger partial charge on any atom is 0.129 e. The van der Waals surface area contributed by atoms with E-state index >= 15 is 0 Å². The Kier molecular flexibility index (Phi) is 4.50. The molecule has 0 spiro atoms. The average Bonchev–Trinajstić information content (AvgIpc) is 2.69. The number of benzene rings is 3. The molecule has 138 valence electrons. The highest BCUT2D eigenvalue weighted by molar-refractivity contribution is 5.48. The molecule has 3 aromatic rings. The van der Waals surface area contributed by atoms with E-state index in [1.807, 2.05) is 54.6 Å². The van der Waals surface area contributed by atoms with Gasteiger partial charge >= 0.3 is 0 Å². The monoisotopic (exact) mass is 362 g/mol. The molecule has 0 amide bonds. The van der Waals surface area contributed by atoms with Crippen molar-refractivity contribution in [2.24, 2.45) is 0 Å². The zero-order chi connectivity index (χ0) is 18.9. The number of methoxy groups -OCH3 is 1. The van der Waals surface area contributed by atoms with E-state index < -0.39 is 5.60 Å². The van der Waals surface area contributed by atoms with Crippen molar-refractivity contribution in [3.63, 3.8) is 0 Å². The molecule has 4 heteroatoms. The van der Waals surface area contributed by atoms with Crippen molar-refractivity contribution in [1.29, 1.82) is 0 Å². The first kappa shape index (κ1) is 17.4. The summed E-state index contributed by atoms with van der Waals surface area (Å²) >= 11 is 0. The summed E-state index contributed by atoms with van der Waals surface area (Å²) in [7, 11) is 1.63. The molecule has 2 N–H and O–H groups in total. The topological polar surface area (TPSA) is 58.9 Å². The predicted octanol–water partition coefficient (Wildman–Crippen LogP) is 4.01. The minimum Gasteiger partial charge on any atom is -0.508 e. The molecule has 0 aliphatic carbocycles. The lowest BCUT2D eigenvalue weighted by atomic mass is 9.72. The van der Waals surface area contributed by atoms with Gasteiger partial charge in [-0.15, -0.1) is 0 Å². The van der Waals surface area contributed by atoms with Crippen molar-refractivity contribution < 1.29 is 19.7 Å². The van der Waals surface area contributed by atoms with Crippen molar-refractivity contribution in [2.45, 2.75) is 17.9 Å². The van der Waals surface area contributed by atoms with Gasteiger partial charge in [0.15, 0.2) is 0 Å². The van der Waals surface area contributed by atoms with Crippen LogP contribution in [0.4, 0.5) is 0 Å². The maximum absolute atomic E-state index is 11.9. The third-order valence-corrected chi connectivity index (χ3v) is 5.25. The molecule has 0 fully saturated rings. The highest BCUT2D eigenvalue weighted by Gasteiger charge is 2.45. The minimum atomic E-state index is -1.16. The molecule has 0 aromatic heterocycles. The van der Waals surface area contributed by atoms with Gasteiger partial charge in [-0.25, -0.2) is 0 Å². The van der Waals surface area contributed by atoms with Crippen molar-refractivity contribution in [2.75, 3.05) is 13.7 Å². The second kappa shape index (κ2) is 6.97. The first-order valence-corrected chi connectivity index (χ1v) is 8.97. The Morgan fingerprint density at radius 3 is 2.48 bits per heavy atom. The quantitative estimate of drug-likeness (QED) is 0.736.